The first kappa shape index (κ1) is 21.0. The SMILES string of the molecule is O=C1c2ccccc2C(=O)N1CCCN(Cc1ccccc1)S(=O)(=O)c1ccccc1. The van der Waals surface area contributed by atoms with Gasteiger partial charge in [-0.15, -0.1) is 0 Å². The maximum Gasteiger partial charge on any atom is 0.261 e. The Hall–Kier alpha value is -3.29. The van der Waals surface area contributed by atoms with Crippen LogP contribution in [0, 0.1) is 0 Å². The fraction of sp³-hybridized carbons (Fsp3) is 0.167. The molecule has 3 aromatic carbocycles. The van der Waals surface area contributed by atoms with Crippen LogP contribution in [0.3, 0.4) is 0 Å². The molecule has 0 atom stereocenters. The molecule has 2 amide bonds. The van der Waals surface area contributed by atoms with Crippen LogP contribution in [0.25, 0.3) is 0 Å². The molecular formula is C24H22N2O4S. The van der Waals surface area contributed by atoms with Crippen molar-refractivity contribution in [2.75, 3.05) is 13.1 Å². The minimum atomic E-state index is -3.73. The number of amides is 2. The Labute approximate surface area is 181 Å². The molecule has 0 saturated heterocycles. The topological polar surface area (TPSA) is 74.8 Å². The van der Waals surface area contributed by atoms with Gasteiger partial charge in [0.05, 0.1) is 16.0 Å². The van der Waals surface area contributed by atoms with E-state index >= 15 is 0 Å². The quantitative estimate of drug-likeness (QED) is 0.508. The van der Waals surface area contributed by atoms with Gasteiger partial charge in [0.15, 0.2) is 0 Å². The van der Waals surface area contributed by atoms with Crippen LogP contribution in [-0.4, -0.2) is 42.5 Å². The zero-order valence-corrected chi connectivity index (χ0v) is 17.7. The normalized spacial score (nSPS) is 13.6. The molecule has 0 saturated carbocycles. The molecule has 4 rings (SSSR count). The summed E-state index contributed by atoms with van der Waals surface area (Å²) in [4.78, 5) is 26.5. The monoisotopic (exact) mass is 434 g/mol. The summed E-state index contributed by atoms with van der Waals surface area (Å²) in [6.45, 7) is 0.543. The Bertz CT molecular complexity index is 1160. The highest BCUT2D eigenvalue weighted by molar-refractivity contribution is 7.89. The van der Waals surface area contributed by atoms with E-state index in [1.807, 2.05) is 30.3 Å². The summed E-state index contributed by atoms with van der Waals surface area (Å²) >= 11 is 0. The molecule has 0 N–H and O–H groups in total. The zero-order chi connectivity index (χ0) is 21.8. The van der Waals surface area contributed by atoms with Crippen LogP contribution in [0.2, 0.25) is 0 Å². The molecule has 0 fully saturated rings. The fourth-order valence-corrected chi connectivity index (χ4v) is 5.15. The molecule has 0 spiro atoms. The lowest BCUT2D eigenvalue weighted by Gasteiger charge is -2.23. The van der Waals surface area contributed by atoms with Crippen LogP contribution < -0.4 is 0 Å². The molecule has 7 heteroatoms. The summed E-state index contributed by atoms with van der Waals surface area (Å²) in [6.07, 6.45) is 0.338. The number of imide groups is 1. The van der Waals surface area contributed by atoms with E-state index in [0.29, 0.717) is 17.5 Å². The van der Waals surface area contributed by atoms with E-state index in [-0.39, 0.29) is 36.3 Å². The summed E-state index contributed by atoms with van der Waals surface area (Å²) in [6, 6.07) is 24.3. The third kappa shape index (κ3) is 4.28. The third-order valence-corrected chi connectivity index (χ3v) is 7.11. The largest absolute Gasteiger partial charge is 0.274 e. The first-order valence-corrected chi connectivity index (χ1v) is 11.5. The molecule has 1 heterocycles. The van der Waals surface area contributed by atoms with Gasteiger partial charge in [0, 0.05) is 19.6 Å². The van der Waals surface area contributed by atoms with Gasteiger partial charge in [0.1, 0.15) is 0 Å². The van der Waals surface area contributed by atoms with Gasteiger partial charge >= 0.3 is 0 Å². The predicted molar refractivity (Wildman–Crippen MR) is 117 cm³/mol. The van der Waals surface area contributed by atoms with Gasteiger partial charge < -0.3 is 0 Å². The molecule has 3 aromatic rings. The van der Waals surface area contributed by atoms with E-state index in [1.54, 1.807) is 54.6 Å². The molecule has 0 bridgehead atoms. The number of carbonyl (C=O) groups excluding carboxylic acids is 2. The Balaban J connectivity index is 1.51. The van der Waals surface area contributed by atoms with Crippen molar-refractivity contribution in [2.24, 2.45) is 0 Å². The van der Waals surface area contributed by atoms with Gasteiger partial charge in [-0.1, -0.05) is 60.7 Å². The molecular weight excluding hydrogens is 412 g/mol. The maximum absolute atomic E-state index is 13.2. The van der Waals surface area contributed by atoms with Crippen molar-refractivity contribution in [3.05, 3.63) is 102 Å². The van der Waals surface area contributed by atoms with Crippen molar-refractivity contribution < 1.29 is 18.0 Å². The summed E-state index contributed by atoms with van der Waals surface area (Å²) in [7, 11) is -3.73. The molecule has 1 aliphatic heterocycles. The number of nitrogens with zero attached hydrogens (tertiary/aromatic N) is 2. The average Bonchev–Trinajstić information content (AvgIpc) is 3.04. The molecule has 158 valence electrons. The Morgan fingerprint density at radius 2 is 1.23 bits per heavy atom. The summed E-state index contributed by atoms with van der Waals surface area (Å²) in [5.74, 6) is -0.665. The second-order valence-corrected chi connectivity index (χ2v) is 9.24. The van der Waals surface area contributed by atoms with Crippen LogP contribution >= 0.6 is 0 Å². The second-order valence-electron chi connectivity index (χ2n) is 7.30. The Kier molecular flexibility index (Phi) is 5.97. The Morgan fingerprint density at radius 3 is 1.81 bits per heavy atom. The minimum Gasteiger partial charge on any atom is -0.274 e. The van der Waals surface area contributed by atoms with Crippen LogP contribution in [0.5, 0.6) is 0 Å². The van der Waals surface area contributed by atoms with Gasteiger partial charge in [0.2, 0.25) is 10.0 Å². The lowest BCUT2D eigenvalue weighted by Crippen LogP contribution is -2.36. The molecule has 6 nitrogen and oxygen atoms in total. The van der Waals surface area contributed by atoms with E-state index in [1.165, 1.54) is 9.21 Å². The first-order valence-electron chi connectivity index (χ1n) is 10.0. The van der Waals surface area contributed by atoms with Gasteiger partial charge in [-0.05, 0) is 36.2 Å². The molecule has 31 heavy (non-hydrogen) atoms. The highest BCUT2D eigenvalue weighted by atomic mass is 32.2. The number of fused-ring (bicyclic) bond motifs is 1. The number of benzene rings is 3. The molecule has 0 aromatic heterocycles. The highest BCUT2D eigenvalue weighted by Crippen LogP contribution is 2.23. The molecule has 1 aliphatic rings. The van der Waals surface area contributed by atoms with E-state index in [4.69, 9.17) is 0 Å². The van der Waals surface area contributed by atoms with Crippen LogP contribution in [0.15, 0.2) is 89.8 Å². The minimum absolute atomic E-state index is 0.155. The third-order valence-electron chi connectivity index (χ3n) is 5.25. The Morgan fingerprint density at radius 1 is 0.710 bits per heavy atom. The predicted octanol–water partition coefficient (Wildman–Crippen LogP) is 3.56. The van der Waals surface area contributed by atoms with Crippen molar-refractivity contribution in [3.63, 3.8) is 0 Å². The number of rotatable bonds is 8. The van der Waals surface area contributed by atoms with E-state index < -0.39 is 10.0 Å². The van der Waals surface area contributed by atoms with Crippen molar-refractivity contribution in [1.29, 1.82) is 0 Å². The molecule has 0 aliphatic carbocycles. The van der Waals surface area contributed by atoms with E-state index in [2.05, 4.69) is 0 Å². The summed E-state index contributed by atoms with van der Waals surface area (Å²) in [5.41, 5.74) is 1.65. The van der Waals surface area contributed by atoms with Crippen molar-refractivity contribution in [3.8, 4) is 0 Å². The van der Waals surface area contributed by atoms with Crippen molar-refractivity contribution in [1.82, 2.24) is 9.21 Å². The van der Waals surface area contributed by atoms with Gasteiger partial charge in [0.25, 0.3) is 11.8 Å². The van der Waals surface area contributed by atoms with Crippen molar-refractivity contribution in [2.45, 2.75) is 17.9 Å². The number of carbonyl (C=O) groups is 2. The van der Waals surface area contributed by atoms with E-state index in [9.17, 15) is 18.0 Å². The maximum atomic E-state index is 13.2. The van der Waals surface area contributed by atoms with Crippen LogP contribution in [0.4, 0.5) is 0 Å². The number of sulfonamides is 1. The summed E-state index contributed by atoms with van der Waals surface area (Å²) < 4.78 is 27.9. The summed E-state index contributed by atoms with van der Waals surface area (Å²) in [5, 5.41) is 0. The van der Waals surface area contributed by atoms with Crippen LogP contribution in [0.1, 0.15) is 32.7 Å². The van der Waals surface area contributed by atoms with Gasteiger partial charge in [-0.3, -0.25) is 14.5 Å². The van der Waals surface area contributed by atoms with Gasteiger partial charge in [-0.2, -0.15) is 4.31 Å². The molecule has 0 unspecified atom stereocenters. The lowest BCUT2D eigenvalue weighted by atomic mass is 10.1. The van der Waals surface area contributed by atoms with Crippen molar-refractivity contribution >= 4 is 21.8 Å². The fourth-order valence-electron chi connectivity index (χ4n) is 3.66. The van der Waals surface area contributed by atoms with Gasteiger partial charge in [-0.25, -0.2) is 8.42 Å². The average molecular weight is 435 g/mol. The number of hydrogen-bond donors (Lipinski definition) is 0. The molecule has 0 radical (unpaired) electrons. The standard InChI is InChI=1S/C24H22N2O4S/c27-23-21-14-7-8-15-22(21)24(28)26(23)17-9-16-25(18-19-10-3-1-4-11-19)31(29,30)20-12-5-2-6-13-20/h1-8,10-15H,9,16-18H2. The second kappa shape index (κ2) is 8.83. The first-order chi connectivity index (χ1) is 15.0. The van der Waals surface area contributed by atoms with E-state index in [0.717, 1.165) is 5.56 Å². The smallest absolute Gasteiger partial charge is 0.261 e. The van der Waals surface area contributed by atoms with Crippen LogP contribution in [-0.2, 0) is 16.6 Å². The lowest BCUT2D eigenvalue weighted by molar-refractivity contribution is 0.0650. The number of hydrogen-bond acceptors (Lipinski definition) is 4. The zero-order valence-electron chi connectivity index (χ0n) is 16.8. The highest BCUT2D eigenvalue weighted by Gasteiger charge is 2.35.